The molecule has 1 aromatic carbocycles. The fraction of sp³-hybridized carbons (Fsp3) is 0.611. The number of ether oxygens (including phenoxy) is 1. The van der Waals surface area contributed by atoms with E-state index in [2.05, 4.69) is 22.3 Å². The molecule has 1 aromatic rings. The molecule has 23 heavy (non-hydrogen) atoms. The van der Waals surface area contributed by atoms with Crippen molar-refractivity contribution >= 4 is 17.5 Å². The van der Waals surface area contributed by atoms with Gasteiger partial charge < -0.3 is 10.1 Å². The zero-order valence-electron chi connectivity index (χ0n) is 13.7. The van der Waals surface area contributed by atoms with Crippen molar-refractivity contribution in [3.05, 3.63) is 34.9 Å². The topological polar surface area (TPSA) is 41.6 Å². The fourth-order valence-corrected chi connectivity index (χ4v) is 3.76. The van der Waals surface area contributed by atoms with Gasteiger partial charge in [0, 0.05) is 38.1 Å². The van der Waals surface area contributed by atoms with Crippen LogP contribution in [0.25, 0.3) is 0 Å². The quantitative estimate of drug-likeness (QED) is 0.919. The number of hydrogen-bond donors (Lipinski definition) is 1. The summed E-state index contributed by atoms with van der Waals surface area (Å²) in [7, 11) is 0. The largest absolute Gasteiger partial charge is 0.370 e. The smallest absolute Gasteiger partial charge is 0.216 e. The van der Waals surface area contributed by atoms with Crippen LogP contribution in [0.3, 0.4) is 0 Å². The maximum atomic E-state index is 11.0. The zero-order chi connectivity index (χ0) is 16.3. The first-order valence-electron chi connectivity index (χ1n) is 8.44. The summed E-state index contributed by atoms with van der Waals surface area (Å²) in [6.45, 7) is 5.30. The van der Waals surface area contributed by atoms with E-state index in [0.717, 1.165) is 50.3 Å². The third-order valence-corrected chi connectivity index (χ3v) is 5.26. The van der Waals surface area contributed by atoms with Crippen molar-refractivity contribution in [2.45, 2.75) is 50.9 Å². The second-order valence-corrected chi connectivity index (χ2v) is 7.24. The Balaban J connectivity index is 1.47. The van der Waals surface area contributed by atoms with Crippen LogP contribution in [0.2, 0.25) is 5.02 Å². The number of carbonyl (C=O) groups is 1. The Morgan fingerprint density at radius 1 is 1.30 bits per heavy atom. The summed E-state index contributed by atoms with van der Waals surface area (Å²) in [5, 5.41) is 3.66. The average molecular weight is 337 g/mol. The molecule has 0 saturated carbocycles. The van der Waals surface area contributed by atoms with Crippen molar-refractivity contribution in [1.82, 2.24) is 10.2 Å². The summed E-state index contributed by atoms with van der Waals surface area (Å²) in [6.07, 6.45) is 4.51. The van der Waals surface area contributed by atoms with Crippen LogP contribution in [0.1, 0.15) is 38.2 Å². The summed E-state index contributed by atoms with van der Waals surface area (Å²) in [4.78, 5) is 13.5. The molecule has 0 aliphatic carbocycles. The molecule has 2 aliphatic rings. The molecule has 2 heterocycles. The van der Waals surface area contributed by atoms with Crippen LogP contribution in [-0.2, 0) is 16.1 Å². The lowest BCUT2D eigenvalue weighted by Gasteiger charge is -2.39. The SMILES string of the molecule is CC(=O)NCC1CCC2(CCN(Cc3ccc(Cl)cc3)CC2)O1. The van der Waals surface area contributed by atoms with E-state index in [1.807, 2.05) is 12.1 Å². The van der Waals surface area contributed by atoms with Crippen LogP contribution in [0.4, 0.5) is 0 Å². The Labute approximate surface area is 143 Å². The molecule has 1 N–H and O–H groups in total. The van der Waals surface area contributed by atoms with Crippen LogP contribution in [0, 0.1) is 0 Å². The Bertz CT molecular complexity index is 538. The molecule has 5 heteroatoms. The van der Waals surface area contributed by atoms with Gasteiger partial charge in [-0.3, -0.25) is 9.69 Å². The molecular formula is C18H25ClN2O2. The van der Waals surface area contributed by atoms with Crippen LogP contribution in [0.5, 0.6) is 0 Å². The van der Waals surface area contributed by atoms with Crippen LogP contribution >= 0.6 is 11.6 Å². The van der Waals surface area contributed by atoms with Crippen molar-refractivity contribution < 1.29 is 9.53 Å². The molecule has 1 spiro atoms. The number of nitrogens with zero attached hydrogens (tertiary/aromatic N) is 1. The molecule has 2 fully saturated rings. The van der Waals surface area contributed by atoms with Gasteiger partial charge in [0.2, 0.25) is 5.91 Å². The highest BCUT2D eigenvalue weighted by Crippen LogP contribution is 2.39. The number of nitrogens with one attached hydrogen (secondary N) is 1. The van der Waals surface area contributed by atoms with Gasteiger partial charge in [0.15, 0.2) is 0 Å². The van der Waals surface area contributed by atoms with Crippen molar-refractivity contribution in [2.24, 2.45) is 0 Å². The Kier molecular flexibility index (Phi) is 5.24. The van der Waals surface area contributed by atoms with Gasteiger partial charge in [-0.1, -0.05) is 23.7 Å². The van der Waals surface area contributed by atoms with Crippen molar-refractivity contribution in [3.8, 4) is 0 Å². The molecule has 4 nitrogen and oxygen atoms in total. The number of rotatable bonds is 4. The van der Waals surface area contributed by atoms with Gasteiger partial charge in [0.1, 0.15) is 0 Å². The van der Waals surface area contributed by atoms with Gasteiger partial charge >= 0.3 is 0 Å². The molecule has 1 atom stereocenters. The fourth-order valence-electron chi connectivity index (χ4n) is 3.63. The van der Waals surface area contributed by atoms with Gasteiger partial charge in [-0.15, -0.1) is 0 Å². The molecule has 0 radical (unpaired) electrons. The van der Waals surface area contributed by atoms with E-state index < -0.39 is 0 Å². The van der Waals surface area contributed by atoms with E-state index >= 15 is 0 Å². The third kappa shape index (κ3) is 4.46. The van der Waals surface area contributed by atoms with E-state index in [1.54, 1.807) is 6.92 Å². The molecule has 126 valence electrons. The Hall–Kier alpha value is -1.10. The first-order valence-corrected chi connectivity index (χ1v) is 8.82. The van der Waals surface area contributed by atoms with E-state index in [-0.39, 0.29) is 17.6 Å². The molecule has 1 amide bonds. The minimum Gasteiger partial charge on any atom is -0.370 e. The maximum absolute atomic E-state index is 11.0. The number of likely N-dealkylation sites (tertiary alicyclic amines) is 1. The van der Waals surface area contributed by atoms with E-state index in [0.29, 0.717) is 6.54 Å². The van der Waals surface area contributed by atoms with Gasteiger partial charge in [-0.2, -0.15) is 0 Å². The standard InChI is InChI=1S/C18H25ClN2O2/c1-14(22)20-12-17-6-7-18(23-17)8-10-21(11-9-18)13-15-2-4-16(19)5-3-15/h2-5,17H,6-13H2,1H3,(H,20,22). The van der Waals surface area contributed by atoms with E-state index in [4.69, 9.17) is 16.3 Å². The van der Waals surface area contributed by atoms with Gasteiger partial charge in [0.25, 0.3) is 0 Å². The number of benzene rings is 1. The van der Waals surface area contributed by atoms with Crippen LogP contribution in [-0.4, -0.2) is 42.1 Å². The molecule has 0 bridgehead atoms. The molecule has 3 rings (SSSR count). The van der Waals surface area contributed by atoms with Crippen molar-refractivity contribution in [3.63, 3.8) is 0 Å². The van der Waals surface area contributed by atoms with Gasteiger partial charge in [-0.25, -0.2) is 0 Å². The first-order chi connectivity index (χ1) is 11.0. The summed E-state index contributed by atoms with van der Waals surface area (Å²) < 4.78 is 6.30. The minimum atomic E-state index is 0.0207. The normalized spacial score (nSPS) is 24.0. The molecule has 2 aliphatic heterocycles. The highest BCUT2D eigenvalue weighted by atomic mass is 35.5. The second-order valence-electron chi connectivity index (χ2n) is 6.80. The van der Waals surface area contributed by atoms with Gasteiger partial charge in [0.05, 0.1) is 11.7 Å². The molecule has 1 unspecified atom stereocenters. The molecular weight excluding hydrogens is 312 g/mol. The molecule has 2 saturated heterocycles. The first kappa shape index (κ1) is 16.7. The lowest BCUT2D eigenvalue weighted by Crippen LogP contribution is -2.44. The number of hydrogen-bond acceptors (Lipinski definition) is 3. The Morgan fingerprint density at radius 2 is 2.00 bits per heavy atom. The van der Waals surface area contributed by atoms with Crippen molar-refractivity contribution in [2.75, 3.05) is 19.6 Å². The predicted octanol–water partition coefficient (Wildman–Crippen LogP) is 2.99. The minimum absolute atomic E-state index is 0.0207. The summed E-state index contributed by atoms with van der Waals surface area (Å²) >= 11 is 5.94. The van der Waals surface area contributed by atoms with Crippen molar-refractivity contribution in [1.29, 1.82) is 0 Å². The average Bonchev–Trinajstić information content (AvgIpc) is 2.93. The summed E-state index contributed by atoms with van der Waals surface area (Å²) in [6, 6.07) is 8.11. The molecule has 0 aromatic heterocycles. The second kappa shape index (κ2) is 7.20. The summed E-state index contributed by atoms with van der Waals surface area (Å²) in [5.74, 6) is 0.0207. The monoisotopic (exact) mass is 336 g/mol. The number of piperidine rings is 1. The highest BCUT2D eigenvalue weighted by molar-refractivity contribution is 6.30. The number of halogens is 1. The predicted molar refractivity (Wildman–Crippen MR) is 91.5 cm³/mol. The van der Waals surface area contributed by atoms with E-state index in [1.165, 1.54) is 5.56 Å². The van der Waals surface area contributed by atoms with Crippen LogP contribution in [0.15, 0.2) is 24.3 Å². The van der Waals surface area contributed by atoms with Gasteiger partial charge in [-0.05, 0) is 43.4 Å². The number of carbonyl (C=O) groups excluding carboxylic acids is 1. The van der Waals surface area contributed by atoms with Crippen LogP contribution < -0.4 is 5.32 Å². The Morgan fingerprint density at radius 3 is 2.65 bits per heavy atom. The zero-order valence-corrected chi connectivity index (χ0v) is 14.4. The lowest BCUT2D eigenvalue weighted by molar-refractivity contribution is -0.120. The lowest BCUT2D eigenvalue weighted by atomic mass is 9.88. The third-order valence-electron chi connectivity index (χ3n) is 5.00. The number of amides is 1. The highest BCUT2D eigenvalue weighted by Gasteiger charge is 2.42. The van der Waals surface area contributed by atoms with E-state index in [9.17, 15) is 4.79 Å². The maximum Gasteiger partial charge on any atom is 0.216 e. The summed E-state index contributed by atoms with van der Waals surface area (Å²) in [5.41, 5.74) is 1.35.